The maximum Gasteiger partial charge on any atom is 0.346 e. The molecule has 0 saturated heterocycles. The monoisotopic (exact) mass is 668 g/mol. The Morgan fingerprint density at radius 3 is 0.980 bits per heavy atom. The summed E-state index contributed by atoms with van der Waals surface area (Å²) in [7, 11) is 0. The number of esters is 2. The van der Waals surface area contributed by atoms with E-state index >= 15 is 0 Å². The first-order chi connectivity index (χ1) is 25.1. The molecular formula is C46H40N2O3. The molecule has 2 saturated carbocycles. The summed E-state index contributed by atoms with van der Waals surface area (Å²) in [5.74, 6) is -1.28. The average Bonchev–Trinajstić information content (AvgIpc) is 4.15. The first-order valence-electron chi connectivity index (χ1n) is 17.8. The van der Waals surface area contributed by atoms with Gasteiger partial charge in [0, 0.05) is 11.1 Å². The van der Waals surface area contributed by atoms with Crippen LogP contribution in [0.3, 0.4) is 0 Å². The molecule has 6 aromatic carbocycles. The van der Waals surface area contributed by atoms with Crippen molar-refractivity contribution in [1.29, 1.82) is 0 Å². The van der Waals surface area contributed by atoms with Crippen LogP contribution in [-0.2, 0) is 15.8 Å². The van der Waals surface area contributed by atoms with Gasteiger partial charge in [-0.25, -0.2) is 9.59 Å². The number of benzene rings is 6. The first kappa shape index (κ1) is 32.6. The van der Waals surface area contributed by atoms with Crippen molar-refractivity contribution in [3.63, 3.8) is 0 Å². The maximum absolute atomic E-state index is 14.0. The lowest BCUT2D eigenvalue weighted by Crippen LogP contribution is -2.35. The van der Waals surface area contributed by atoms with Gasteiger partial charge in [-0.05, 0) is 71.2 Å². The molecule has 0 unspecified atom stereocenters. The summed E-state index contributed by atoms with van der Waals surface area (Å²) < 4.78 is 5.76. The molecule has 0 heterocycles. The van der Waals surface area contributed by atoms with Gasteiger partial charge in [-0.15, -0.1) is 0 Å². The zero-order valence-electron chi connectivity index (χ0n) is 28.4. The number of hydrogen-bond donors (Lipinski definition) is 2. The lowest BCUT2D eigenvalue weighted by molar-refractivity contribution is 0.0394. The Bertz CT molecular complexity index is 1890. The molecule has 8 rings (SSSR count). The smallest absolute Gasteiger partial charge is 0.346 e. The van der Waals surface area contributed by atoms with Crippen molar-refractivity contribution in [3.8, 4) is 0 Å². The molecular weight excluding hydrogens is 629 g/mol. The van der Waals surface area contributed by atoms with Crippen molar-refractivity contribution in [2.24, 2.45) is 0 Å². The van der Waals surface area contributed by atoms with Crippen LogP contribution in [0.1, 0.15) is 91.9 Å². The van der Waals surface area contributed by atoms with E-state index in [-0.39, 0.29) is 12.1 Å². The van der Waals surface area contributed by atoms with Crippen molar-refractivity contribution >= 4 is 11.9 Å². The van der Waals surface area contributed by atoms with E-state index in [1.165, 1.54) is 0 Å². The SMILES string of the molecule is O=C(OC(=O)c1ccccc1C1(NC(c2ccccc2)c2ccccc2)CC1)c1ccccc1C1(NC(c2ccccc2)c2ccccc2)CC1. The van der Waals surface area contributed by atoms with Crippen LogP contribution in [-0.4, -0.2) is 11.9 Å². The van der Waals surface area contributed by atoms with Gasteiger partial charge < -0.3 is 4.74 Å². The molecule has 51 heavy (non-hydrogen) atoms. The van der Waals surface area contributed by atoms with Crippen LogP contribution in [0.25, 0.3) is 0 Å². The number of carbonyl (C=O) groups is 2. The lowest BCUT2D eigenvalue weighted by atomic mass is 9.93. The normalized spacial score (nSPS) is 15.3. The number of rotatable bonds is 12. The van der Waals surface area contributed by atoms with Gasteiger partial charge in [0.05, 0.1) is 23.2 Å². The fraction of sp³-hybridized carbons (Fsp3) is 0.174. The van der Waals surface area contributed by atoms with Crippen LogP contribution in [0.2, 0.25) is 0 Å². The van der Waals surface area contributed by atoms with Crippen molar-refractivity contribution in [3.05, 3.63) is 214 Å². The minimum atomic E-state index is -0.640. The molecule has 6 aromatic rings. The second-order valence-electron chi connectivity index (χ2n) is 13.7. The third kappa shape index (κ3) is 6.79. The van der Waals surface area contributed by atoms with E-state index in [0.29, 0.717) is 11.1 Å². The van der Waals surface area contributed by atoms with Gasteiger partial charge in [0.15, 0.2) is 0 Å². The van der Waals surface area contributed by atoms with Crippen LogP contribution < -0.4 is 10.6 Å². The minimum absolute atomic E-state index is 0.0784. The van der Waals surface area contributed by atoms with E-state index in [9.17, 15) is 9.59 Å². The zero-order chi connectivity index (χ0) is 34.7. The second kappa shape index (κ2) is 13.9. The van der Waals surface area contributed by atoms with E-state index in [1.807, 2.05) is 109 Å². The Balaban J connectivity index is 1.06. The molecule has 2 aliphatic carbocycles. The van der Waals surface area contributed by atoms with Crippen LogP contribution in [0.4, 0.5) is 0 Å². The molecule has 2 aliphatic rings. The highest BCUT2D eigenvalue weighted by Gasteiger charge is 2.49. The minimum Gasteiger partial charge on any atom is -0.386 e. The lowest BCUT2D eigenvalue weighted by Gasteiger charge is -2.28. The van der Waals surface area contributed by atoms with Gasteiger partial charge in [0.25, 0.3) is 0 Å². The molecule has 2 N–H and O–H groups in total. The summed E-state index contributed by atoms with van der Waals surface area (Å²) in [6.07, 6.45) is 3.45. The van der Waals surface area contributed by atoms with Gasteiger partial charge >= 0.3 is 11.9 Å². The van der Waals surface area contributed by atoms with Gasteiger partial charge in [-0.1, -0.05) is 158 Å². The van der Waals surface area contributed by atoms with Crippen LogP contribution in [0, 0.1) is 0 Å². The summed E-state index contributed by atoms with van der Waals surface area (Å²) in [6, 6.07) is 56.4. The fourth-order valence-electron chi connectivity index (χ4n) is 7.44. The quantitative estimate of drug-likeness (QED) is 0.101. The number of nitrogens with one attached hydrogen (secondary N) is 2. The Hall–Kier alpha value is -5.62. The van der Waals surface area contributed by atoms with E-state index in [2.05, 4.69) is 59.2 Å². The molecule has 0 atom stereocenters. The third-order valence-electron chi connectivity index (χ3n) is 10.4. The fourth-order valence-corrected chi connectivity index (χ4v) is 7.44. The van der Waals surface area contributed by atoms with E-state index in [0.717, 1.165) is 59.1 Å². The zero-order valence-corrected chi connectivity index (χ0v) is 28.4. The standard InChI is InChI=1S/C46H40N2O3/c49-43(37-25-13-15-27-39(37)45(29-30-45)47-41(33-17-5-1-6-18-33)34-19-7-2-8-20-34)51-44(50)38-26-14-16-28-40(38)46(31-32-46)48-42(35-21-9-3-10-22-35)36-23-11-4-12-24-36/h1-28,41-42,47-48H,29-32H2. The van der Waals surface area contributed by atoms with Gasteiger partial charge in [0.2, 0.25) is 0 Å². The average molecular weight is 669 g/mol. The Labute approximate surface area is 299 Å². The molecule has 0 aromatic heterocycles. The first-order valence-corrected chi connectivity index (χ1v) is 17.8. The van der Waals surface area contributed by atoms with Crippen molar-refractivity contribution in [2.45, 2.75) is 48.8 Å². The molecule has 5 heteroatoms. The molecule has 0 aliphatic heterocycles. The Morgan fingerprint density at radius 2 is 0.686 bits per heavy atom. The second-order valence-corrected chi connectivity index (χ2v) is 13.7. The molecule has 2 fully saturated rings. The van der Waals surface area contributed by atoms with Crippen molar-refractivity contribution in [1.82, 2.24) is 10.6 Å². The van der Waals surface area contributed by atoms with Gasteiger partial charge in [-0.3, -0.25) is 10.6 Å². The molecule has 252 valence electrons. The largest absolute Gasteiger partial charge is 0.386 e. The Kier molecular flexibility index (Phi) is 8.91. The molecule has 0 amide bonds. The summed E-state index contributed by atoms with van der Waals surface area (Å²) >= 11 is 0. The third-order valence-corrected chi connectivity index (χ3v) is 10.4. The number of ether oxygens (including phenoxy) is 1. The highest BCUT2D eigenvalue weighted by atomic mass is 16.6. The van der Waals surface area contributed by atoms with E-state index in [1.54, 1.807) is 12.1 Å². The molecule has 5 nitrogen and oxygen atoms in total. The number of carbonyl (C=O) groups excluding carboxylic acids is 2. The van der Waals surface area contributed by atoms with Crippen molar-refractivity contribution < 1.29 is 14.3 Å². The number of hydrogen-bond acceptors (Lipinski definition) is 5. The summed E-state index contributed by atoms with van der Waals surface area (Å²) in [5, 5.41) is 7.83. The van der Waals surface area contributed by atoms with E-state index in [4.69, 9.17) is 4.74 Å². The topological polar surface area (TPSA) is 67.4 Å². The predicted molar refractivity (Wildman–Crippen MR) is 200 cm³/mol. The Morgan fingerprint density at radius 1 is 0.412 bits per heavy atom. The van der Waals surface area contributed by atoms with Crippen LogP contribution in [0.15, 0.2) is 170 Å². The molecule has 0 bridgehead atoms. The molecule has 0 radical (unpaired) electrons. The summed E-state index contributed by atoms with van der Waals surface area (Å²) in [6.45, 7) is 0. The van der Waals surface area contributed by atoms with E-state index < -0.39 is 23.0 Å². The molecule has 0 spiro atoms. The highest BCUT2D eigenvalue weighted by molar-refractivity contribution is 6.04. The summed E-state index contributed by atoms with van der Waals surface area (Å²) in [4.78, 5) is 28.0. The van der Waals surface area contributed by atoms with Gasteiger partial charge in [0.1, 0.15) is 0 Å². The van der Waals surface area contributed by atoms with Crippen LogP contribution in [0.5, 0.6) is 0 Å². The van der Waals surface area contributed by atoms with Gasteiger partial charge in [-0.2, -0.15) is 0 Å². The highest BCUT2D eigenvalue weighted by Crippen LogP contribution is 2.50. The summed E-state index contributed by atoms with van der Waals surface area (Å²) in [5.41, 5.74) is 6.22. The van der Waals surface area contributed by atoms with Crippen LogP contribution >= 0.6 is 0 Å². The maximum atomic E-state index is 14.0. The van der Waals surface area contributed by atoms with Crippen molar-refractivity contribution in [2.75, 3.05) is 0 Å². The predicted octanol–water partition coefficient (Wildman–Crippen LogP) is 9.42.